The first kappa shape index (κ1) is 8.05. The van der Waals surface area contributed by atoms with E-state index in [2.05, 4.69) is 15.6 Å². The monoisotopic (exact) mass is 167 g/mol. The predicted octanol–water partition coefficient (Wildman–Crippen LogP) is 0.520. The van der Waals surface area contributed by atoms with Crippen molar-refractivity contribution in [2.75, 3.05) is 19.6 Å². The van der Waals surface area contributed by atoms with Gasteiger partial charge in [-0.25, -0.2) is 0 Å². The third kappa shape index (κ3) is 1.97. The molecule has 3 heteroatoms. The normalized spacial score (nSPS) is 25.5. The van der Waals surface area contributed by atoms with Crippen LogP contribution in [0.1, 0.15) is 25.7 Å². The zero-order valence-corrected chi connectivity index (χ0v) is 7.47. The van der Waals surface area contributed by atoms with Crippen molar-refractivity contribution in [2.45, 2.75) is 31.7 Å². The molecular weight excluding hydrogens is 150 g/mol. The lowest BCUT2D eigenvalue weighted by Gasteiger charge is -2.24. The first-order valence-corrected chi connectivity index (χ1v) is 4.96. The molecule has 2 heterocycles. The molecule has 1 fully saturated rings. The van der Waals surface area contributed by atoms with Crippen molar-refractivity contribution in [3.05, 3.63) is 0 Å². The Morgan fingerprint density at radius 2 is 2.17 bits per heavy atom. The molecule has 0 aromatic heterocycles. The van der Waals surface area contributed by atoms with Crippen molar-refractivity contribution >= 4 is 5.84 Å². The van der Waals surface area contributed by atoms with Gasteiger partial charge in [-0.05, 0) is 32.4 Å². The predicted molar refractivity (Wildman–Crippen MR) is 50.6 cm³/mol. The Morgan fingerprint density at radius 3 is 2.83 bits per heavy atom. The van der Waals surface area contributed by atoms with E-state index in [1.807, 2.05) is 0 Å². The quantitative estimate of drug-likeness (QED) is 0.597. The van der Waals surface area contributed by atoms with Crippen molar-refractivity contribution < 1.29 is 0 Å². The molecule has 0 aliphatic carbocycles. The molecule has 0 aromatic carbocycles. The van der Waals surface area contributed by atoms with Crippen LogP contribution in [0.2, 0.25) is 0 Å². The van der Waals surface area contributed by atoms with E-state index in [-0.39, 0.29) is 0 Å². The Kier molecular flexibility index (Phi) is 2.61. The number of nitrogens with one attached hydrogen (secondary N) is 2. The van der Waals surface area contributed by atoms with Crippen LogP contribution >= 0.6 is 0 Å². The van der Waals surface area contributed by atoms with E-state index in [1.165, 1.54) is 31.5 Å². The van der Waals surface area contributed by atoms with E-state index in [9.17, 15) is 0 Å². The van der Waals surface area contributed by atoms with Gasteiger partial charge in [0.1, 0.15) is 0 Å². The van der Waals surface area contributed by atoms with Crippen molar-refractivity contribution in [1.82, 2.24) is 10.6 Å². The SMILES string of the molecule is C1CN=C(NC2CCNCC2)C1. The minimum atomic E-state index is 0.683. The molecule has 1 saturated heterocycles. The number of hydrogen-bond acceptors (Lipinski definition) is 3. The second-order valence-electron chi connectivity index (χ2n) is 3.60. The van der Waals surface area contributed by atoms with Gasteiger partial charge in [-0.3, -0.25) is 4.99 Å². The van der Waals surface area contributed by atoms with Gasteiger partial charge in [0, 0.05) is 19.0 Å². The van der Waals surface area contributed by atoms with Crippen LogP contribution in [0.3, 0.4) is 0 Å². The summed E-state index contributed by atoms with van der Waals surface area (Å²) in [5.41, 5.74) is 0. The van der Waals surface area contributed by atoms with Crippen molar-refractivity contribution in [3.63, 3.8) is 0 Å². The summed E-state index contributed by atoms with van der Waals surface area (Å²) in [6.45, 7) is 3.35. The van der Waals surface area contributed by atoms with Gasteiger partial charge in [-0.15, -0.1) is 0 Å². The maximum absolute atomic E-state index is 4.41. The largest absolute Gasteiger partial charge is 0.371 e. The smallest absolute Gasteiger partial charge is 0.0965 e. The molecule has 0 bridgehead atoms. The Labute approximate surface area is 73.6 Å². The molecule has 68 valence electrons. The van der Waals surface area contributed by atoms with Gasteiger partial charge in [0.2, 0.25) is 0 Å². The fourth-order valence-corrected chi connectivity index (χ4v) is 1.86. The molecule has 2 aliphatic heterocycles. The van der Waals surface area contributed by atoms with Crippen LogP contribution in [0.4, 0.5) is 0 Å². The van der Waals surface area contributed by atoms with Gasteiger partial charge < -0.3 is 10.6 Å². The molecule has 2 aliphatic rings. The highest BCUT2D eigenvalue weighted by molar-refractivity contribution is 5.83. The molecule has 0 aromatic rings. The molecule has 0 spiro atoms. The standard InChI is InChI=1S/C9H17N3/c1-2-9(11-5-1)12-8-3-6-10-7-4-8/h8,10H,1-7H2,(H,11,12). The number of amidine groups is 1. The van der Waals surface area contributed by atoms with E-state index in [0.29, 0.717) is 6.04 Å². The van der Waals surface area contributed by atoms with Crippen LogP contribution in [-0.2, 0) is 0 Å². The number of hydrogen-bond donors (Lipinski definition) is 2. The maximum Gasteiger partial charge on any atom is 0.0965 e. The summed E-state index contributed by atoms with van der Waals surface area (Å²) in [5.74, 6) is 1.25. The van der Waals surface area contributed by atoms with E-state index < -0.39 is 0 Å². The Hall–Kier alpha value is -0.570. The summed E-state index contributed by atoms with van der Waals surface area (Å²) in [6, 6.07) is 0.683. The minimum Gasteiger partial charge on any atom is -0.371 e. The third-order valence-corrected chi connectivity index (χ3v) is 2.58. The fourth-order valence-electron chi connectivity index (χ4n) is 1.86. The molecule has 0 radical (unpaired) electrons. The molecule has 12 heavy (non-hydrogen) atoms. The lowest BCUT2D eigenvalue weighted by molar-refractivity contribution is 0.428. The van der Waals surface area contributed by atoms with Gasteiger partial charge in [0.25, 0.3) is 0 Å². The summed E-state index contributed by atoms with van der Waals surface area (Å²) >= 11 is 0. The van der Waals surface area contributed by atoms with Crippen molar-refractivity contribution in [1.29, 1.82) is 0 Å². The molecule has 0 amide bonds. The van der Waals surface area contributed by atoms with Crippen LogP contribution < -0.4 is 10.6 Å². The third-order valence-electron chi connectivity index (χ3n) is 2.58. The minimum absolute atomic E-state index is 0.683. The van der Waals surface area contributed by atoms with Crippen molar-refractivity contribution in [2.24, 2.45) is 4.99 Å². The highest BCUT2D eigenvalue weighted by atomic mass is 15.0. The van der Waals surface area contributed by atoms with Gasteiger partial charge in [0.15, 0.2) is 0 Å². The second-order valence-corrected chi connectivity index (χ2v) is 3.60. The van der Waals surface area contributed by atoms with Crippen LogP contribution in [0, 0.1) is 0 Å². The zero-order chi connectivity index (χ0) is 8.23. The summed E-state index contributed by atoms with van der Waals surface area (Å²) < 4.78 is 0. The van der Waals surface area contributed by atoms with Gasteiger partial charge in [0.05, 0.1) is 5.84 Å². The Balaban J connectivity index is 1.77. The average Bonchev–Trinajstić information content (AvgIpc) is 2.59. The summed E-state index contributed by atoms with van der Waals surface area (Å²) in [5, 5.41) is 6.89. The number of rotatable bonds is 1. The summed E-state index contributed by atoms with van der Waals surface area (Å²) in [7, 11) is 0. The summed E-state index contributed by atoms with van der Waals surface area (Å²) in [6.07, 6.45) is 4.91. The van der Waals surface area contributed by atoms with Crippen LogP contribution in [0.15, 0.2) is 4.99 Å². The fraction of sp³-hybridized carbons (Fsp3) is 0.889. The van der Waals surface area contributed by atoms with E-state index in [1.54, 1.807) is 0 Å². The first-order chi connectivity index (χ1) is 5.95. The van der Waals surface area contributed by atoms with E-state index in [0.717, 1.165) is 19.6 Å². The lowest BCUT2D eigenvalue weighted by Crippen LogP contribution is -2.42. The molecule has 2 rings (SSSR count). The van der Waals surface area contributed by atoms with E-state index >= 15 is 0 Å². The van der Waals surface area contributed by atoms with Crippen molar-refractivity contribution in [3.8, 4) is 0 Å². The number of aliphatic imine (C=N–C) groups is 1. The second kappa shape index (κ2) is 3.90. The topological polar surface area (TPSA) is 36.4 Å². The molecule has 0 saturated carbocycles. The van der Waals surface area contributed by atoms with Gasteiger partial charge in [-0.2, -0.15) is 0 Å². The number of nitrogens with zero attached hydrogens (tertiary/aromatic N) is 1. The van der Waals surface area contributed by atoms with E-state index in [4.69, 9.17) is 0 Å². The van der Waals surface area contributed by atoms with Crippen LogP contribution in [0.25, 0.3) is 0 Å². The summed E-state index contributed by atoms with van der Waals surface area (Å²) in [4.78, 5) is 4.41. The molecule has 0 atom stereocenters. The Morgan fingerprint density at radius 1 is 1.33 bits per heavy atom. The highest BCUT2D eigenvalue weighted by Gasteiger charge is 2.15. The number of piperidine rings is 1. The molecule has 2 N–H and O–H groups in total. The molecule has 0 unspecified atom stereocenters. The Bertz CT molecular complexity index is 171. The van der Waals surface area contributed by atoms with Gasteiger partial charge >= 0.3 is 0 Å². The molecule has 3 nitrogen and oxygen atoms in total. The maximum atomic E-state index is 4.41. The van der Waals surface area contributed by atoms with Crippen LogP contribution in [0.5, 0.6) is 0 Å². The highest BCUT2D eigenvalue weighted by Crippen LogP contribution is 2.06. The van der Waals surface area contributed by atoms with Crippen LogP contribution in [-0.4, -0.2) is 31.5 Å². The molecular formula is C9H17N3. The zero-order valence-electron chi connectivity index (χ0n) is 7.47. The lowest BCUT2D eigenvalue weighted by atomic mass is 10.1. The van der Waals surface area contributed by atoms with Gasteiger partial charge in [-0.1, -0.05) is 0 Å². The first-order valence-electron chi connectivity index (χ1n) is 4.96. The average molecular weight is 167 g/mol.